The lowest BCUT2D eigenvalue weighted by molar-refractivity contribution is -0.141. The van der Waals surface area contributed by atoms with E-state index in [0.717, 1.165) is 18.2 Å². The van der Waals surface area contributed by atoms with Gasteiger partial charge in [-0.15, -0.1) is 0 Å². The number of nitrogens with zero attached hydrogens (tertiary/aromatic N) is 1. The fourth-order valence-electron chi connectivity index (χ4n) is 1.88. The van der Waals surface area contributed by atoms with Crippen LogP contribution in [0.5, 0.6) is 0 Å². The molecule has 1 heterocycles. The third-order valence-electron chi connectivity index (χ3n) is 3.07. The summed E-state index contributed by atoms with van der Waals surface area (Å²) in [5.41, 5.74) is -0.238. The molecule has 3 nitrogen and oxygen atoms in total. The van der Waals surface area contributed by atoms with Crippen LogP contribution in [0.15, 0.2) is 30.3 Å². The Kier molecular flexibility index (Phi) is 4.16. The molecule has 0 unspecified atom stereocenters. The van der Waals surface area contributed by atoms with E-state index >= 15 is 0 Å². The van der Waals surface area contributed by atoms with Gasteiger partial charge >= 0.3 is 6.18 Å². The molecule has 22 heavy (non-hydrogen) atoms. The van der Waals surface area contributed by atoms with Crippen LogP contribution < -0.4 is 5.32 Å². The summed E-state index contributed by atoms with van der Waals surface area (Å²) in [7, 11) is 0. The summed E-state index contributed by atoms with van der Waals surface area (Å²) < 4.78 is 50.8. The van der Waals surface area contributed by atoms with Gasteiger partial charge in [0.25, 0.3) is 5.91 Å². The van der Waals surface area contributed by atoms with Crippen molar-refractivity contribution in [2.75, 3.05) is 5.32 Å². The standard InChI is InChI=1S/C15H12F4N2O/c1-8-3-4-10(16)7-12(8)21-14(22)11-5-6-13(15(17,18)19)20-9(11)2/h3-7H,1-2H3,(H,21,22). The monoisotopic (exact) mass is 312 g/mol. The summed E-state index contributed by atoms with van der Waals surface area (Å²) in [5.74, 6) is -1.17. The van der Waals surface area contributed by atoms with E-state index in [9.17, 15) is 22.4 Å². The summed E-state index contributed by atoms with van der Waals surface area (Å²) in [6.07, 6.45) is -4.57. The van der Waals surface area contributed by atoms with Crippen LogP contribution in [-0.4, -0.2) is 10.9 Å². The molecule has 0 saturated heterocycles. The van der Waals surface area contributed by atoms with E-state index in [-0.39, 0.29) is 16.9 Å². The minimum Gasteiger partial charge on any atom is -0.322 e. The van der Waals surface area contributed by atoms with Crippen LogP contribution in [-0.2, 0) is 6.18 Å². The number of carbonyl (C=O) groups excluding carboxylic acids is 1. The smallest absolute Gasteiger partial charge is 0.322 e. The van der Waals surface area contributed by atoms with Crippen LogP contribution in [0.25, 0.3) is 0 Å². The first-order chi connectivity index (χ1) is 10.2. The number of hydrogen-bond acceptors (Lipinski definition) is 2. The minimum absolute atomic E-state index is 0.00309. The molecule has 0 aliphatic carbocycles. The third kappa shape index (κ3) is 3.41. The highest BCUT2D eigenvalue weighted by Crippen LogP contribution is 2.28. The maximum absolute atomic E-state index is 13.2. The molecule has 0 fully saturated rings. The molecule has 1 aromatic heterocycles. The van der Waals surface area contributed by atoms with Crippen LogP contribution >= 0.6 is 0 Å². The van der Waals surface area contributed by atoms with Crippen LogP contribution in [0.4, 0.5) is 23.2 Å². The number of amides is 1. The van der Waals surface area contributed by atoms with Crippen LogP contribution in [0.3, 0.4) is 0 Å². The van der Waals surface area contributed by atoms with E-state index in [1.165, 1.54) is 19.1 Å². The van der Waals surface area contributed by atoms with Gasteiger partial charge in [-0.2, -0.15) is 13.2 Å². The highest BCUT2D eigenvalue weighted by Gasteiger charge is 2.33. The van der Waals surface area contributed by atoms with E-state index < -0.39 is 23.6 Å². The number of hydrogen-bond donors (Lipinski definition) is 1. The molecule has 1 aromatic carbocycles. The summed E-state index contributed by atoms with van der Waals surface area (Å²) >= 11 is 0. The van der Waals surface area contributed by atoms with Gasteiger partial charge in [0.1, 0.15) is 11.5 Å². The van der Waals surface area contributed by atoms with Crippen molar-refractivity contribution in [1.82, 2.24) is 4.98 Å². The van der Waals surface area contributed by atoms with Gasteiger partial charge in [-0.25, -0.2) is 9.37 Å². The Labute approximate surface area is 124 Å². The van der Waals surface area contributed by atoms with Gasteiger partial charge in [-0.1, -0.05) is 6.07 Å². The van der Waals surface area contributed by atoms with Crippen molar-refractivity contribution >= 4 is 11.6 Å². The second kappa shape index (κ2) is 5.75. The highest BCUT2D eigenvalue weighted by molar-refractivity contribution is 6.05. The summed E-state index contributed by atoms with van der Waals surface area (Å²) in [6.45, 7) is 2.98. The number of halogens is 4. The van der Waals surface area contributed by atoms with Crippen molar-refractivity contribution in [3.63, 3.8) is 0 Å². The van der Waals surface area contributed by atoms with E-state index in [0.29, 0.717) is 5.56 Å². The first kappa shape index (κ1) is 15.9. The predicted octanol–water partition coefficient (Wildman–Crippen LogP) is 4.11. The van der Waals surface area contributed by atoms with E-state index in [2.05, 4.69) is 10.3 Å². The van der Waals surface area contributed by atoms with Crippen molar-refractivity contribution < 1.29 is 22.4 Å². The number of alkyl halides is 3. The van der Waals surface area contributed by atoms with Crippen molar-refractivity contribution in [3.8, 4) is 0 Å². The fourth-order valence-corrected chi connectivity index (χ4v) is 1.88. The van der Waals surface area contributed by atoms with Gasteiger partial charge in [0.05, 0.1) is 11.3 Å². The summed E-state index contributed by atoms with van der Waals surface area (Å²) in [4.78, 5) is 15.5. The zero-order valence-corrected chi connectivity index (χ0v) is 11.8. The van der Waals surface area contributed by atoms with Gasteiger partial charge in [0.15, 0.2) is 0 Å². The lowest BCUT2D eigenvalue weighted by Crippen LogP contribution is -2.17. The van der Waals surface area contributed by atoms with E-state index in [1.807, 2.05) is 0 Å². The third-order valence-corrected chi connectivity index (χ3v) is 3.07. The lowest BCUT2D eigenvalue weighted by atomic mass is 10.1. The van der Waals surface area contributed by atoms with Crippen LogP contribution in [0.2, 0.25) is 0 Å². The summed E-state index contributed by atoms with van der Waals surface area (Å²) in [6, 6.07) is 5.66. The maximum Gasteiger partial charge on any atom is 0.433 e. The Hall–Kier alpha value is -2.44. The molecule has 0 spiro atoms. The zero-order valence-electron chi connectivity index (χ0n) is 11.8. The fraction of sp³-hybridized carbons (Fsp3) is 0.200. The molecule has 0 atom stereocenters. The molecule has 0 aliphatic rings. The number of rotatable bonds is 2. The summed E-state index contributed by atoms with van der Waals surface area (Å²) in [5, 5.41) is 2.47. The van der Waals surface area contributed by atoms with Gasteiger partial charge in [0.2, 0.25) is 0 Å². The van der Waals surface area contributed by atoms with Crippen molar-refractivity contribution in [2.24, 2.45) is 0 Å². The number of carbonyl (C=O) groups is 1. The number of aromatic nitrogens is 1. The number of nitrogens with one attached hydrogen (secondary N) is 1. The van der Waals surface area contributed by atoms with Crippen molar-refractivity contribution in [2.45, 2.75) is 20.0 Å². The van der Waals surface area contributed by atoms with Gasteiger partial charge < -0.3 is 5.32 Å². The van der Waals surface area contributed by atoms with Gasteiger partial charge in [-0.3, -0.25) is 4.79 Å². The zero-order chi connectivity index (χ0) is 16.5. The second-order valence-corrected chi connectivity index (χ2v) is 4.74. The normalized spacial score (nSPS) is 11.4. The molecule has 0 saturated carbocycles. The first-order valence-electron chi connectivity index (χ1n) is 6.31. The molecule has 0 bridgehead atoms. The molecular weight excluding hydrogens is 300 g/mol. The molecule has 1 N–H and O–H groups in total. The number of pyridine rings is 1. The lowest BCUT2D eigenvalue weighted by Gasteiger charge is -2.12. The van der Waals surface area contributed by atoms with Gasteiger partial charge in [-0.05, 0) is 43.7 Å². The molecule has 116 valence electrons. The highest BCUT2D eigenvalue weighted by atomic mass is 19.4. The maximum atomic E-state index is 13.2. The Morgan fingerprint density at radius 2 is 1.82 bits per heavy atom. The topological polar surface area (TPSA) is 42.0 Å². The largest absolute Gasteiger partial charge is 0.433 e. The minimum atomic E-state index is -4.57. The first-order valence-corrected chi connectivity index (χ1v) is 6.31. The molecule has 0 radical (unpaired) electrons. The average molecular weight is 312 g/mol. The molecular formula is C15H12F4N2O. The van der Waals surface area contributed by atoms with Crippen molar-refractivity contribution in [1.29, 1.82) is 0 Å². The SMILES string of the molecule is Cc1ccc(F)cc1NC(=O)c1ccc(C(F)(F)F)nc1C. The Bertz CT molecular complexity index is 726. The second-order valence-electron chi connectivity index (χ2n) is 4.74. The van der Waals surface area contributed by atoms with Crippen LogP contribution in [0.1, 0.15) is 27.3 Å². The number of aryl methyl sites for hydroxylation is 2. The quantitative estimate of drug-likeness (QED) is 0.848. The van der Waals surface area contributed by atoms with Crippen LogP contribution in [0, 0.1) is 19.7 Å². The Morgan fingerprint density at radius 3 is 2.41 bits per heavy atom. The Morgan fingerprint density at radius 1 is 1.14 bits per heavy atom. The average Bonchev–Trinajstić information content (AvgIpc) is 2.41. The molecule has 7 heteroatoms. The Balaban J connectivity index is 2.29. The van der Waals surface area contributed by atoms with Gasteiger partial charge in [0, 0.05) is 5.69 Å². The molecule has 0 aliphatic heterocycles. The van der Waals surface area contributed by atoms with E-state index in [4.69, 9.17) is 0 Å². The van der Waals surface area contributed by atoms with E-state index in [1.54, 1.807) is 6.92 Å². The molecule has 2 rings (SSSR count). The van der Waals surface area contributed by atoms with Crippen molar-refractivity contribution in [3.05, 3.63) is 58.7 Å². The molecule has 1 amide bonds. The molecule has 2 aromatic rings. The number of anilines is 1. The predicted molar refractivity (Wildman–Crippen MR) is 73.1 cm³/mol. The number of benzene rings is 1.